The number of benzene rings is 1. The van der Waals surface area contributed by atoms with Crippen LogP contribution in [0.3, 0.4) is 0 Å². The Morgan fingerprint density at radius 2 is 1.81 bits per heavy atom. The highest BCUT2D eigenvalue weighted by Gasteiger charge is 2.24. The molecule has 2 aromatic heterocycles. The number of imidazole rings is 1. The lowest BCUT2D eigenvalue weighted by molar-refractivity contribution is 0.0916. The van der Waals surface area contributed by atoms with Gasteiger partial charge in [0.25, 0.3) is 11.8 Å². The molecular weight excluding hydrogens is 328 g/mol. The zero-order valence-corrected chi connectivity index (χ0v) is 15.3. The molecule has 0 saturated heterocycles. The van der Waals surface area contributed by atoms with Crippen LogP contribution in [-0.2, 0) is 0 Å². The SMILES string of the molecule is Cc1cccc(NC(=O)c2nc(C(=O)NC(C)(C)C)c3ccccn23)c1. The van der Waals surface area contributed by atoms with Crippen molar-refractivity contribution in [2.75, 3.05) is 5.32 Å². The lowest BCUT2D eigenvalue weighted by Gasteiger charge is -2.19. The molecule has 3 rings (SSSR count). The number of amides is 2. The van der Waals surface area contributed by atoms with Crippen LogP contribution in [0, 0.1) is 6.92 Å². The zero-order chi connectivity index (χ0) is 18.9. The summed E-state index contributed by atoms with van der Waals surface area (Å²) in [4.78, 5) is 29.7. The average Bonchev–Trinajstić information content (AvgIpc) is 2.93. The molecule has 0 unspecified atom stereocenters. The van der Waals surface area contributed by atoms with Crippen molar-refractivity contribution in [3.8, 4) is 0 Å². The minimum absolute atomic E-state index is 0.168. The van der Waals surface area contributed by atoms with Gasteiger partial charge in [-0.25, -0.2) is 4.98 Å². The number of hydrogen-bond acceptors (Lipinski definition) is 3. The maximum Gasteiger partial charge on any atom is 0.292 e. The van der Waals surface area contributed by atoms with Gasteiger partial charge >= 0.3 is 0 Å². The minimum atomic E-state index is -0.397. The first-order chi connectivity index (χ1) is 12.2. The van der Waals surface area contributed by atoms with Gasteiger partial charge in [-0.1, -0.05) is 18.2 Å². The Balaban J connectivity index is 1.98. The molecule has 3 aromatic rings. The molecule has 2 amide bonds. The fourth-order valence-electron chi connectivity index (χ4n) is 2.67. The van der Waals surface area contributed by atoms with Crippen LogP contribution in [0.1, 0.15) is 47.4 Å². The van der Waals surface area contributed by atoms with Crippen molar-refractivity contribution in [2.24, 2.45) is 0 Å². The van der Waals surface area contributed by atoms with E-state index in [9.17, 15) is 9.59 Å². The highest BCUT2D eigenvalue weighted by Crippen LogP contribution is 2.17. The molecule has 0 aliphatic heterocycles. The van der Waals surface area contributed by atoms with E-state index in [2.05, 4.69) is 15.6 Å². The number of carbonyl (C=O) groups excluding carboxylic acids is 2. The summed E-state index contributed by atoms with van der Waals surface area (Å²) < 4.78 is 1.63. The van der Waals surface area contributed by atoms with Crippen LogP contribution in [0.25, 0.3) is 5.52 Å². The summed E-state index contributed by atoms with van der Waals surface area (Å²) in [6.07, 6.45) is 1.72. The number of rotatable bonds is 3. The molecule has 6 nitrogen and oxygen atoms in total. The molecule has 0 saturated carbocycles. The smallest absolute Gasteiger partial charge is 0.292 e. The standard InChI is InChI=1S/C20H22N4O2/c1-13-8-7-9-14(12-13)21-19(26)17-22-16(18(25)23-20(2,3)4)15-10-5-6-11-24(15)17/h5-12H,1-4H3,(H,21,26)(H,23,25). The number of nitrogens with one attached hydrogen (secondary N) is 2. The van der Waals surface area contributed by atoms with Gasteiger partial charge in [-0.15, -0.1) is 0 Å². The van der Waals surface area contributed by atoms with Crippen LogP contribution in [0.4, 0.5) is 5.69 Å². The zero-order valence-electron chi connectivity index (χ0n) is 15.3. The summed E-state index contributed by atoms with van der Waals surface area (Å²) in [5, 5.41) is 5.73. The number of aryl methyl sites for hydroxylation is 1. The second kappa shape index (κ2) is 6.63. The van der Waals surface area contributed by atoms with Crippen molar-refractivity contribution < 1.29 is 9.59 Å². The highest BCUT2D eigenvalue weighted by atomic mass is 16.2. The number of carbonyl (C=O) groups is 2. The Hall–Kier alpha value is -3.15. The predicted octanol–water partition coefficient (Wildman–Crippen LogP) is 3.42. The summed E-state index contributed by atoms with van der Waals surface area (Å²) >= 11 is 0. The van der Waals surface area contributed by atoms with Gasteiger partial charge in [-0.05, 0) is 57.5 Å². The molecule has 2 heterocycles. The Bertz CT molecular complexity index is 983. The molecule has 0 spiro atoms. The summed E-state index contributed by atoms with van der Waals surface area (Å²) in [6.45, 7) is 7.65. The van der Waals surface area contributed by atoms with Gasteiger partial charge in [0.1, 0.15) is 0 Å². The number of anilines is 1. The second-order valence-electron chi connectivity index (χ2n) is 7.27. The fraction of sp³-hybridized carbons (Fsp3) is 0.250. The maximum absolute atomic E-state index is 12.7. The fourth-order valence-corrected chi connectivity index (χ4v) is 2.67. The van der Waals surface area contributed by atoms with E-state index < -0.39 is 5.54 Å². The summed E-state index contributed by atoms with van der Waals surface area (Å²) in [7, 11) is 0. The summed E-state index contributed by atoms with van der Waals surface area (Å²) in [5.41, 5.74) is 2.15. The van der Waals surface area contributed by atoms with Crippen molar-refractivity contribution in [1.82, 2.24) is 14.7 Å². The number of pyridine rings is 1. The van der Waals surface area contributed by atoms with Gasteiger partial charge in [-0.3, -0.25) is 14.0 Å². The van der Waals surface area contributed by atoms with E-state index in [1.807, 2.05) is 58.0 Å². The van der Waals surface area contributed by atoms with Crippen LogP contribution < -0.4 is 10.6 Å². The van der Waals surface area contributed by atoms with Crippen molar-refractivity contribution >= 4 is 23.0 Å². The van der Waals surface area contributed by atoms with Crippen molar-refractivity contribution in [3.05, 3.63) is 65.7 Å². The first kappa shape index (κ1) is 17.7. The molecule has 0 fully saturated rings. The third-order valence-electron chi connectivity index (χ3n) is 3.73. The van der Waals surface area contributed by atoms with E-state index in [1.54, 1.807) is 22.7 Å². The Labute approximate surface area is 152 Å². The second-order valence-corrected chi connectivity index (χ2v) is 7.27. The van der Waals surface area contributed by atoms with E-state index in [1.165, 1.54) is 0 Å². The number of hydrogen-bond donors (Lipinski definition) is 2. The topological polar surface area (TPSA) is 75.5 Å². The summed E-state index contributed by atoms with van der Waals surface area (Å²) in [6, 6.07) is 12.9. The van der Waals surface area contributed by atoms with E-state index in [-0.39, 0.29) is 23.3 Å². The quantitative estimate of drug-likeness (QED) is 0.760. The number of nitrogens with zero attached hydrogens (tertiary/aromatic N) is 2. The van der Waals surface area contributed by atoms with Gasteiger partial charge < -0.3 is 10.6 Å². The molecule has 0 aliphatic rings. The Morgan fingerprint density at radius 3 is 2.50 bits per heavy atom. The lowest BCUT2D eigenvalue weighted by atomic mass is 10.1. The van der Waals surface area contributed by atoms with Crippen LogP contribution in [-0.4, -0.2) is 26.7 Å². The van der Waals surface area contributed by atoms with Gasteiger partial charge in [0.2, 0.25) is 5.82 Å². The maximum atomic E-state index is 12.7. The molecule has 6 heteroatoms. The molecule has 26 heavy (non-hydrogen) atoms. The van der Waals surface area contributed by atoms with Gasteiger partial charge in [-0.2, -0.15) is 0 Å². The molecule has 0 radical (unpaired) electrons. The first-order valence-corrected chi connectivity index (χ1v) is 8.42. The minimum Gasteiger partial charge on any atom is -0.346 e. The first-order valence-electron chi connectivity index (χ1n) is 8.42. The van der Waals surface area contributed by atoms with E-state index in [0.717, 1.165) is 5.56 Å². The molecule has 1 aromatic carbocycles. The predicted molar refractivity (Wildman–Crippen MR) is 102 cm³/mol. The number of aromatic nitrogens is 2. The largest absolute Gasteiger partial charge is 0.346 e. The molecular formula is C20H22N4O2. The monoisotopic (exact) mass is 350 g/mol. The van der Waals surface area contributed by atoms with Crippen molar-refractivity contribution in [3.63, 3.8) is 0 Å². The Morgan fingerprint density at radius 1 is 1.04 bits per heavy atom. The Kier molecular flexibility index (Phi) is 4.50. The third kappa shape index (κ3) is 3.74. The molecule has 0 bridgehead atoms. The van der Waals surface area contributed by atoms with Gasteiger partial charge in [0.05, 0.1) is 5.52 Å². The van der Waals surface area contributed by atoms with Gasteiger partial charge in [0.15, 0.2) is 5.69 Å². The molecule has 0 atom stereocenters. The van der Waals surface area contributed by atoms with Crippen LogP contribution >= 0.6 is 0 Å². The van der Waals surface area contributed by atoms with Crippen LogP contribution in [0.2, 0.25) is 0 Å². The number of fused-ring (bicyclic) bond motifs is 1. The molecule has 0 aliphatic carbocycles. The van der Waals surface area contributed by atoms with E-state index in [0.29, 0.717) is 11.2 Å². The van der Waals surface area contributed by atoms with Crippen LogP contribution in [0.5, 0.6) is 0 Å². The third-order valence-corrected chi connectivity index (χ3v) is 3.73. The average molecular weight is 350 g/mol. The van der Waals surface area contributed by atoms with Crippen molar-refractivity contribution in [2.45, 2.75) is 33.2 Å². The van der Waals surface area contributed by atoms with Crippen molar-refractivity contribution in [1.29, 1.82) is 0 Å². The molecule has 2 N–H and O–H groups in total. The van der Waals surface area contributed by atoms with E-state index >= 15 is 0 Å². The molecule has 134 valence electrons. The normalized spacial score (nSPS) is 11.4. The van der Waals surface area contributed by atoms with Gasteiger partial charge in [0, 0.05) is 17.4 Å². The summed E-state index contributed by atoms with van der Waals surface area (Å²) in [5.74, 6) is -0.511. The van der Waals surface area contributed by atoms with Crippen LogP contribution in [0.15, 0.2) is 48.7 Å². The highest BCUT2D eigenvalue weighted by molar-refractivity contribution is 6.06. The lowest BCUT2D eigenvalue weighted by Crippen LogP contribution is -2.40. The van der Waals surface area contributed by atoms with E-state index in [4.69, 9.17) is 0 Å².